The number of carbonyl (C=O) groups is 1. The van der Waals surface area contributed by atoms with Gasteiger partial charge in [0.15, 0.2) is 0 Å². The van der Waals surface area contributed by atoms with Crippen molar-refractivity contribution in [1.82, 2.24) is 15.1 Å². The first kappa shape index (κ1) is 14.8. The normalized spacial score (nSPS) is 13.5. The van der Waals surface area contributed by atoms with E-state index in [0.717, 1.165) is 5.56 Å². The van der Waals surface area contributed by atoms with E-state index in [1.54, 1.807) is 19.2 Å². The van der Waals surface area contributed by atoms with Crippen molar-refractivity contribution in [3.05, 3.63) is 51.8 Å². The second-order valence-electron chi connectivity index (χ2n) is 6.49. The summed E-state index contributed by atoms with van der Waals surface area (Å²) in [5.41, 5.74) is 2.23. The van der Waals surface area contributed by atoms with Gasteiger partial charge in [0.05, 0.1) is 13.5 Å². The number of rotatable bonds is 4. The van der Waals surface area contributed by atoms with E-state index in [1.165, 1.54) is 4.68 Å². The molecular weight excluding hydrogens is 310 g/mol. The minimum absolute atomic E-state index is 0.0206. The summed E-state index contributed by atoms with van der Waals surface area (Å²) in [7, 11) is 1.62. The van der Waals surface area contributed by atoms with Gasteiger partial charge in [0.2, 0.25) is 0 Å². The van der Waals surface area contributed by atoms with E-state index in [9.17, 15) is 4.79 Å². The predicted octanol–water partition coefficient (Wildman–Crippen LogP) is 3.86. The number of halogens is 1. The molecule has 0 unspecified atom stereocenters. The van der Waals surface area contributed by atoms with Crippen molar-refractivity contribution in [2.75, 3.05) is 0 Å². The Hall–Kier alpha value is -1.81. The van der Waals surface area contributed by atoms with Gasteiger partial charge in [-0.3, -0.25) is 9.48 Å². The molecule has 0 bridgehead atoms. The lowest BCUT2D eigenvalue weighted by atomic mass is 9.87. The van der Waals surface area contributed by atoms with Crippen molar-refractivity contribution >= 4 is 17.5 Å². The third-order valence-electron chi connectivity index (χ3n) is 3.68. The Kier molecular flexibility index (Phi) is 4.33. The average Bonchev–Trinajstić information content (AvgIpc) is 2.80. The second kappa shape index (κ2) is 6.75. The molecule has 5 heteroatoms. The molecule has 23 heavy (non-hydrogen) atoms. The van der Waals surface area contributed by atoms with E-state index in [-0.39, 0.29) is 16.1 Å². The van der Waals surface area contributed by atoms with Gasteiger partial charge in [-0.1, -0.05) is 63.6 Å². The van der Waals surface area contributed by atoms with Crippen LogP contribution in [0.1, 0.15) is 57.7 Å². The molecule has 1 aromatic carbocycles. The Labute approximate surface area is 145 Å². The molecular formula is C18H24ClN3O. The quantitative estimate of drug-likeness (QED) is 0.922. The zero-order valence-corrected chi connectivity index (χ0v) is 15.0. The molecule has 0 aliphatic rings. The Morgan fingerprint density at radius 2 is 1.96 bits per heavy atom. The van der Waals surface area contributed by atoms with E-state index < -0.39 is 12.4 Å². The molecule has 0 aliphatic heterocycles. The van der Waals surface area contributed by atoms with Crippen molar-refractivity contribution in [3.8, 4) is 0 Å². The zero-order valence-electron chi connectivity index (χ0n) is 16.2. The van der Waals surface area contributed by atoms with Crippen LogP contribution in [-0.4, -0.2) is 15.7 Å². The van der Waals surface area contributed by atoms with Gasteiger partial charge in [-0.05, 0) is 23.0 Å². The summed E-state index contributed by atoms with van der Waals surface area (Å²) in [6, 6.07) is 7.16. The third-order valence-corrected chi connectivity index (χ3v) is 4.07. The molecule has 0 fully saturated rings. The molecule has 2 aromatic rings. The Morgan fingerprint density at radius 1 is 1.35 bits per heavy atom. The lowest BCUT2D eigenvalue weighted by Crippen LogP contribution is -2.25. The minimum Gasteiger partial charge on any atom is -0.347 e. The van der Waals surface area contributed by atoms with Crippen molar-refractivity contribution in [2.24, 2.45) is 7.05 Å². The molecule has 4 nitrogen and oxygen atoms in total. The molecule has 1 N–H and O–H groups in total. The highest BCUT2D eigenvalue weighted by molar-refractivity contribution is 6.34. The molecule has 0 aliphatic carbocycles. The van der Waals surface area contributed by atoms with Crippen molar-refractivity contribution in [3.63, 3.8) is 0 Å². The van der Waals surface area contributed by atoms with E-state index in [4.69, 9.17) is 14.3 Å². The first-order valence-electron chi connectivity index (χ1n) is 8.62. The van der Waals surface area contributed by atoms with E-state index >= 15 is 0 Å². The van der Waals surface area contributed by atoms with Gasteiger partial charge in [-0.2, -0.15) is 5.10 Å². The zero-order chi connectivity index (χ0) is 19.0. The van der Waals surface area contributed by atoms with Crippen LogP contribution in [-0.2, 0) is 25.4 Å². The van der Waals surface area contributed by atoms with Crippen LogP contribution in [0.5, 0.6) is 0 Å². The fraction of sp³-hybridized carbons (Fsp3) is 0.444. The maximum Gasteiger partial charge on any atom is 0.271 e. The Bertz CT molecular complexity index is 777. The van der Waals surface area contributed by atoms with Crippen LogP contribution in [0.4, 0.5) is 0 Å². The summed E-state index contributed by atoms with van der Waals surface area (Å²) in [4.78, 5) is 12.5. The molecule has 0 radical (unpaired) electrons. The minimum atomic E-state index is -2.02. The highest BCUT2D eigenvalue weighted by Crippen LogP contribution is 2.23. The summed E-state index contributed by atoms with van der Waals surface area (Å²) in [5, 5.41) is 6.87. The fourth-order valence-electron chi connectivity index (χ4n) is 2.27. The van der Waals surface area contributed by atoms with Gasteiger partial charge in [0.1, 0.15) is 5.69 Å². The number of hydrogen-bond acceptors (Lipinski definition) is 2. The smallest absolute Gasteiger partial charge is 0.271 e. The molecule has 0 spiro atoms. The van der Waals surface area contributed by atoms with Crippen molar-refractivity contribution in [2.45, 2.75) is 46.0 Å². The van der Waals surface area contributed by atoms with Crippen molar-refractivity contribution < 1.29 is 7.54 Å². The monoisotopic (exact) mass is 335 g/mol. The van der Waals surface area contributed by atoms with Crippen LogP contribution in [0.15, 0.2) is 24.3 Å². The number of hydrogen-bond donors (Lipinski definition) is 1. The first-order chi connectivity index (χ1) is 11.5. The van der Waals surface area contributed by atoms with E-state index in [0.29, 0.717) is 17.7 Å². The number of carbonyl (C=O) groups excluding carboxylic acids is 1. The molecule has 1 amide bonds. The average molecular weight is 336 g/mol. The van der Waals surface area contributed by atoms with Crippen LogP contribution >= 0.6 is 11.6 Å². The number of nitrogens with one attached hydrogen (secondary N) is 1. The second-order valence-corrected chi connectivity index (χ2v) is 6.87. The Morgan fingerprint density at radius 3 is 2.43 bits per heavy atom. The standard InChI is InChI=1S/C18H24ClN3O/c1-6-14-15(19)16(22(5)21-14)17(23)20-11-12-7-9-13(10-8-12)18(2,3)4/h7-10H,6,11H2,1-5H3,(H,20,23)/i11D2. The molecule has 1 aromatic heterocycles. The van der Waals surface area contributed by atoms with E-state index in [1.807, 2.05) is 19.1 Å². The van der Waals surface area contributed by atoms with Gasteiger partial charge >= 0.3 is 0 Å². The lowest BCUT2D eigenvalue weighted by molar-refractivity contribution is 0.0941. The first-order valence-corrected chi connectivity index (χ1v) is 8.00. The SMILES string of the molecule is [2H]C([2H])(NC(=O)c1c(Cl)c(CC)nn1C)c1ccc(C(C)(C)C)cc1. The molecule has 0 saturated heterocycles. The number of aromatic nitrogens is 2. The number of amides is 1. The summed E-state index contributed by atoms with van der Waals surface area (Å²) < 4.78 is 17.8. The molecule has 2 rings (SSSR count). The van der Waals surface area contributed by atoms with Crippen LogP contribution in [0, 0.1) is 0 Å². The van der Waals surface area contributed by atoms with Crippen LogP contribution < -0.4 is 5.32 Å². The number of aryl methyl sites for hydroxylation is 2. The predicted molar refractivity (Wildman–Crippen MR) is 93.9 cm³/mol. The maximum absolute atomic E-state index is 12.5. The largest absolute Gasteiger partial charge is 0.347 e. The number of nitrogens with zero attached hydrogens (tertiary/aromatic N) is 2. The third kappa shape index (κ3) is 3.94. The molecule has 1 heterocycles. The molecule has 124 valence electrons. The van der Waals surface area contributed by atoms with E-state index in [2.05, 4.69) is 31.2 Å². The van der Waals surface area contributed by atoms with Gasteiger partial charge < -0.3 is 5.32 Å². The van der Waals surface area contributed by atoms with Gasteiger partial charge in [-0.25, -0.2) is 0 Å². The van der Waals surface area contributed by atoms with Gasteiger partial charge in [0.25, 0.3) is 5.91 Å². The summed E-state index contributed by atoms with van der Waals surface area (Å²) in [6.45, 7) is 6.15. The number of benzene rings is 1. The highest BCUT2D eigenvalue weighted by atomic mass is 35.5. The maximum atomic E-state index is 12.5. The van der Waals surface area contributed by atoms with Crippen molar-refractivity contribution in [1.29, 1.82) is 0 Å². The lowest BCUT2D eigenvalue weighted by Gasteiger charge is -2.19. The Balaban J connectivity index is 2.26. The van der Waals surface area contributed by atoms with Crippen LogP contribution in [0.25, 0.3) is 0 Å². The summed E-state index contributed by atoms with van der Waals surface area (Å²) in [6.07, 6.45) is 0.598. The summed E-state index contributed by atoms with van der Waals surface area (Å²) >= 11 is 6.20. The molecule has 0 saturated carbocycles. The van der Waals surface area contributed by atoms with Gasteiger partial charge in [-0.15, -0.1) is 0 Å². The van der Waals surface area contributed by atoms with Crippen LogP contribution in [0.3, 0.4) is 0 Å². The van der Waals surface area contributed by atoms with Crippen LogP contribution in [0.2, 0.25) is 5.02 Å². The molecule has 0 atom stereocenters. The fourth-order valence-corrected chi connectivity index (χ4v) is 2.65. The highest BCUT2D eigenvalue weighted by Gasteiger charge is 2.19. The topological polar surface area (TPSA) is 46.9 Å². The van der Waals surface area contributed by atoms with Gasteiger partial charge in [0, 0.05) is 13.5 Å². The summed E-state index contributed by atoms with van der Waals surface area (Å²) in [5.74, 6) is -0.593.